The summed E-state index contributed by atoms with van der Waals surface area (Å²) in [7, 11) is 0. The molecule has 0 bridgehead atoms. The van der Waals surface area contributed by atoms with Crippen LogP contribution in [-0.2, 0) is 6.42 Å². The van der Waals surface area contributed by atoms with Gasteiger partial charge < -0.3 is 10.1 Å². The van der Waals surface area contributed by atoms with Crippen LogP contribution in [0.25, 0.3) is 22.0 Å². The normalized spacial score (nSPS) is 11.8. The Kier molecular flexibility index (Phi) is 6.15. The average molecular weight is 380 g/mol. The number of nitrogens with zero attached hydrogens (tertiary/aromatic N) is 2. The molecule has 1 heterocycles. The van der Waals surface area contributed by atoms with Gasteiger partial charge >= 0.3 is 0 Å². The van der Waals surface area contributed by atoms with Crippen molar-refractivity contribution in [2.75, 3.05) is 6.54 Å². The van der Waals surface area contributed by atoms with Crippen LogP contribution in [0, 0.1) is 0 Å². The van der Waals surface area contributed by atoms with Crippen LogP contribution in [0.2, 0.25) is 0 Å². The highest BCUT2D eigenvalue weighted by atomic mass is 16.3. The van der Waals surface area contributed by atoms with Crippen molar-refractivity contribution in [1.29, 1.82) is 0 Å². The zero-order valence-corrected chi connectivity index (χ0v) is 17.1. The van der Waals surface area contributed by atoms with Crippen molar-refractivity contribution in [2.45, 2.75) is 52.6 Å². The van der Waals surface area contributed by atoms with Crippen LogP contribution in [0.15, 0.2) is 47.5 Å². The summed E-state index contributed by atoms with van der Waals surface area (Å²) in [5.41, 5.74) is 3.18. The molecule has 0 amide bonds. The van der Waals surface area contributed by atoms with Crippen molar-refractivity contribution >= 4 is 10.9 Å². The Morgan fingerprint density at radius 1 is 1.11 bits per heavy atom. The molecule has 1 aromatic heterocycles. The molecule has 0 atom stereocenters. The summed E-state index contributed by atoms with van der Waals surface area (Å²) in [4.78, 5) is 21.3. The third-order valence-electron chi connectivity index (χ3n) is 5.24. The van der Waals surface area contributed by atoms with Crippen molar-refractivity contribution in [3.8, 4) is 16.9 Å². The van der Waals surface area contributed by atoms with Crippen molar-refractivity contribution < 1.29 is 5.11 Å². The summed E-state index contributed by atoms with van der Waals surface area (Å²) in [6, 6.07) is 12.7. The molecule has 3 rings (SSSR count). The van der Waals surface area contributed by atoms with Crippen LogP contribution in [0.3, 0.4) is 0 Å². The lowest BCUT2D eigenvalue weighted by Crippen LogP contribution is -2.37. The summed E-state index contributed by atoms with van der Waals surface area (Å²) in [6.07, 6.45) is 3.30. The van der Waals surface area contributed by atoms with Gasteiger partial charge in [0.2, 0.25) is 0 Å². The number of H-pyrrole nitrogens is 1. The van der Waals surface area contributed by atoms with Gasteiger partial charge in [0.1, 0.15) is 11.3 Å². The molecule has 0 unspecified atom stereocenters. The van der Waals surface area contributed by atoms with Gasteiger partial charge in [-0.25, -0.2) is 4.98 Å². The van der Waals surface area contributed by atoms with Gasteiger partial charge in [0.05, 0.1) is 11.7 Å². The van der Waals surface area contributed by atoms with E-state index in [9.17, 15) is 9.90 Å². The van der Waals surface area contributed by atoms with Gasteiger partial charge in [0.15, 0.2) is 0 Å². The lowest BCUT2D eigenvalue weighted by Gasteiger charge is -2.30. The number of phenolic OH excluding ortho intramolecular Hbond substituents is 1. The van der Waals surface area contributed by atoms with Crippen molar-refractivity contribution in [3.63, 3.8) is 0 Å². The minimum Gasteiger partial charge on any atom is -0.506 e. The van der Waals surface area contributed by atoms with Gasteiger partial charge in [-0.3, -0.25) is 9.69 Å². The quantitative estimate of drug-likeness (QED) is 0.640. The number of aromatic nitrogens is 2. The Balaban J connectivity index is 1.90. The number of aromatic hydroxyl groups is 1. The van der Waals surface area contributed by atoms with Crippen LogP contribution in [0.5, 0.6) is 5.75 Å². The first-order valence-corrected chi connectivity index (χ1v) is 9.93. The predicted octanol–water partition coefficient (Wildman–Crippen LogP) is 4.35. The Labute approximate surface area is 166 Å². The van der Waals surface area contributed by atoms with E-state index < -0.39 is 0 Å². The average Bonchev–Trinajstić information content (AvgIpc) is 2.65. The molecule has 0 aliphatic heterocycles. The fourth-order valence-electron chi connectivity index (χ4n) is 3.90. The highest BCUT2D eigenvalue weighted by Gasteiger charge is 2.14. The number of hydrogen-bond donors (Lipinski definition) is 2. The third-order valence-corrected chi connectivity index (χ3v) is 5.24. The lowest BCUT2D eigenvalue weighted by molar-refractivity contribution is 0.173. The second kappa shape index (κ2) is 8.57. The van der Waals surface area contributed by atoms with Gasteiger partial charge in [-0.15, -0.1) is 0 Å². The Morgan fingerprint density at radius 2 is 1.82 bits per heavy atom. The van der Waals surface area contributed by atoms with E-state index >= 15 is 0 Å². The molecule has 5 heteroatoms. The van der Waals surface area contributed by atoms with E-state index in [4.69, 9.17) is 0 Å². The molecule has 3 aromatic rings. The number of hydrogen-bond acceptors (Lipinski definition) is 4. The standard InChI is InChI=1S/C23H29N3O2/c1-15(2)26(16(3)4)11-7-9-17-8-5-6-10-19(17)18-12-20-22(21(27)13-18)24-14-25-23(20)28/h5-6,8,10,12-16,27H,7,9,11H2,1-4H3,(H,24,25,28). The molecule has 148 valence electrons. The summed E-state index contributed by atoms with van der Waals surface area (Å²) < 4.78 is 0. The summed E-state index contributed by atoms with van der Waals surface area (Å²) in [5, 5.41) is 10.8. The monoisotopic (exact) mass is 379 g/mol. The maximum atomic E-state index is 12.2. The van der Waals surface area contributed by atoms with Crippen LogP contribution >= 0.6 is 0 Å². The molecule has 0 radical (unpaired) electrons. The highest BCUT2D eigenvalue weighted by Crippen LogP contribution is 2.31. The minimum atomic E-state index is -0.246. The zero-order valence-electron chi connectivity index (χ0n) is 17.1. The molecule has 0 aliphatic carbocycles. The van der Waals surface area contributed by atoms with Crippen LogP contribution in [0.1, 0.15) is 39.7 Å². The third kappa shape index (κ3) is 4.25. The largest absolute Gasteiger partial charge is 0.506 e. The molecule has 2 N–H and O–H groups in total. The Hall–Kier alpha value is -2.66. The minimum absolute atomic E-state index is 0.0270. The number of rotatable bonds is 7. The van der Waals surface area contributed by atoms with E-state index in [0.29, 0.717) is 23.0 Å². The molecular weight excluding hydrogens is 350 g/mol. The van der Waals surface area contributed by atoms with E-state index in [1.54, 1.807) is 6.07 Å². The number of aromatic amines is 1. The number of aryl methyl sites for hydroxylation is 1. The molecule has 0 saturated heterocycles. The summed E-state index contributed by atoms with van der Waals surface area (Å²) in [5.74, 6) is 0.0270. The van der Waals surface area contributed by atoms with Gasteiger partial charge in [0.25, 0.3) is 5.56 Å². The first kappa shape index (κ1) is 20.1. The van der Waals surface area contributed by atoms with Gasteiger partial charge in [-0.05, 0) is 75.9 Å². The van der Waals surface area contributed by atoms with Crippen molar-refractivity contribution in [2.24, 2.45) is 0 Å². The van der Waals surface area contributed by atoms with Gasteiger partial charge in [-0.1, -0.05) is 24.3 Å². The van der Waals surface area contributed by atoms with E-state index in [-0.39, 0.29) is 11.3 Å². The first-order chi connectivity index (χ1) is 13.4. The topological polar surface area (TPSA) is 69.2 Å². The highest BCUT2D eigenvalue weighted by molar-refractivity contribution is 5.89. The summed E-state index contributed by atoms with van der Waals surface area (Å²) >= 11 is 0. The van der Waals surface area contributed by atoms with Crippen LogP contribution in [0.4, 0.5) is 0 Å². The van der Waals surface area contributed by atoms with E-state index in [0.717, 1.165) is 30.5 Å². The first-order valence-electron chi connectivity index (χ1n) is 9.93. The predicted molar refractivity (Wildman–Crippen MR) is 115 cm³/mol. The second-order valence-corrected chi connectivity index (χ2v) is 7.81. The fraction of sp³-hybridized carbons (Fsp3) is 0.391. The molecule has 0 saturated carbocycles. The SMILES string of the molecule is CC(C)N(CCCc1ccccc1-c1cc(O)c2nc[nH]c(=O)c2c1)C(C)C. The molecule has 2 aromatic carbocycles. The van der Waals surface area contributed by atoms with Crippen molar-refractivity contribution in [3.05, 3.63) is 58.6 Å². The van der Waals surface area contributed by atoms with Gasteiger partial charge in [0, 0.05) is 12.1 Å². The Bertz CT molecular complexity index is 1000. The smallest absolute Gasteiger partial charge is 0.258 e. The number of benzene rings is 2. The van der Waals surface area contributed by atoms with E-state index in [1.807, 2.05) is 24.3 Å². The molecule has 28 heavy (non-hydrogen) atoms. The maximum Gasteiger partial charge on any atom is 0.258 e. The Morgan fingerprint density at radius 3 is 2.54 bits per heavy atom. The second-order valence-electron chi connectivity index (χ2n) is 7.81. The molecular formula is C23H29N3O2. The van der Waals surface area contributed by atoms with E-state index in [1.165, 1.54) is 11.9 Å². The summed E-state index contributed by atoms with van der Waals surface area (Å²) in [6.45, 7) is 9.97. The molecule has 0 aliphatic rings. The van der Waals surface area contributed by atoms with Crippen LogP contribution < -0.4 is 5.56 Å². The molecule has 0 fully saturated rings. The lowest BCUT2D eigenvalue weighted by atomic mass is 9.95. The van der Waals surface area contributed by atoms with Crippen molar-refractivity contribution in [1.82, 2.24) is 14.9 Å². The molecule has 5 nitrogen and oxygen atoms in total. The number of fused-ring (bicyclic) bond motifs is 1. The maximum absolute atomic E-state index is 12.2. The number of nitrogens with one attached hydrogen (secondary N) is 1. The number of phenols is 1. The zero-order chi connectivity index (χ0) is 20.3. The van der Waals surface area contributed by atoms with Gasteiger partial charge in [-0.2, -0.15) is 0 Å². The molecule has 0 spiro atoms. The fourth-order valence-corrected chi connectivity index (χ4v) is 3.90. The van der Waals surface area contributed by atoms with Crippen LogP contribution in [-0.4, -0.2) is 38.6 Å². The van der Waals surface area contributed by atoms with E-state index in [2.05, 4.69) is 48.6 Å².